The Hall–Kier alpha value is -0.420. The molecule has 0 saturated carbocycles. The average Bonchev–Trinajstić information content (AvgIpc) is 2.76. The van der Waals surface area contributed by atoms with E-state index in [1.54, 1.807) is 0 Å². The van der Waals surface area contributed by atoms with Crippen LogP contribution in [0.2, 0.25) is 0 Å². The highest BCUT2D eigenvalue weighted by Crippen LogP contribution is 2.36. The number of benzene rings is 1. The molecule has 2 rings (SSSR count). The van der Waals surface area contributed by atoms with E-state index in [0.29, 0.717) is 16.3 Å². The second-order valence-corrected chi connectivity index (χ2v) is 5.58. The topological polar surface area (TPSA) is 3.24 Å². The standard InChI is InChI=1S/C12H12BrClF3N/c13-10-5-9(12(15,16)17)1-2-11(10)18-4-3-8(6-14)7-18/h1-2,5,8H,3-4,6-7H2. The molecule has 1 aromatic carbocycles. The van der Waals surface area contributed by atoms with Gasteiger partial charge in [0.2, 0.25) is 0 Å². The van der Waals surface area contributed by atoms with Crippen LogP contribution in [0.3, 0.4) is 0 Å². The molecule has 1 heterocycles. The van der Waals surface area contributed by atoms with Gasteiger partial charge in [-0.25, -0.2) is 0 Å². The van der Waals surface area contributed by atoms with Crippen molar-refractivity contribution in [3.63, 3.8) is 0 Å². The van der Waals surface area contributed by atoms with Gasteiger partial charge in [-0.1, -0.05) is 0 Å². The summed E-state index contributed by atoms with van der Waals surface area (Å²) in [4.78, 5) is 2.07. The predicted octanol–water partition coefficient (Wildman–Crippen LogP) is 4.53. The summed E-state index contributed by atoms with van der Waals surface area (Å²) in [6.45, 7) is 1.63. The molecule has 0 radical (unpaired) electrons. The van der Waals surface area contributed by atoms with Crippen molar-refractivity contribution in [3.05, 3.63) is 28.2 Å². The summed E-state index contributed by atoms with van der Waals surface area (Å²) < 4.78 is 38.1. The van der Waals surface area contributed by atoms with Crippen molar-refractivity contribution in [1.29, 1.82) is 0 Å². The van der Waals surface area contributed by atoms with Gasteiger partial charge < -0.3 is 4.90 Å². The first kappa shape index (κ1) is 14.0. The molecular weight excluding hydrogens is 330 g/mol. The minimum atomic E-state index is -4.30. The molecule has 1 atom stereocenters. The molecule has 1 nitrogen and oxygen atoms in total. The van der Waals surface area contributed by atoms with Crippen LogP contribution in [0.15, 0.2) is 22.7 Å². The number of hydrogen-bond donors (Lipinski definition) is 0. The highest BCUT2D eigenvalue weighted by molar-refractivity contribution is 9.10. The molecule has 1 aliphatic heterocycles. The van der Waals surface area contributed by atoms with Gasteiger partial charge in [-0.05, 0) is 46.5 Å². The van der Waals surface area contributed by atoms with Crippen LogP contribution in [-0.4, -0.2) is 19.0 Å². The molecule has 0 bridgehead atoms. The summed E-state index contributed by atoms with van der Waals surface area (Å²) in [6, 6.07) is 3.76. The molecule has 1 aromatic rings. The molecule has 6 heteroatoms. The van der Waals surface area contributed by atoms with E-state index >= 15 is 0 Å². The highest BCUT2D eigenvalue weighted by Gasteiger charge is 2.31. The van der Waals surface area contributed by atoms with Gasteiger partial charge in [0.25, 0.3) is 0 Å². The van der Waals surface area contributed by atoms with Gasteiger partial charge in [-0.15, -0.1) is 11.6 Å². The maximum atomic E-state index is 12.5. The van der Waals surface area contributed by atoms with E-state index in [-0.39, 0.29) is 0 Å². The molecule has 100 valence electrons. The first-order valence-corrected chi connectivity index (χ1v) is 6.92. The Bertz CT molecular complexity index is 436. The number of halogens is 5. The Kier molecular flexibility index (Phi) is 4.11. The predicted molar refractivity (Wildman–Crippen MR) is 70.2 cm³/mol. The maximum absolute atomic E-state index is 12.5. The lowest BCUT2D eigenvalue weighted by atomic mass is 10.1. The summed E-state index contributed by atoms with van der Waals surface area (Å²) in [6.07, 6.45) is -3.32. The molecule has 0 aromatic heterocycles. The Morgan fingerprint density at radius 1 is 1.39 bits per heavy atom. The number of nitrogens with zero attached hydrogens (tertiary/aromatic N) is 1. The number of rotatable bonds is 2. The van der Waals surface area contributed by atoms with E-state index in [2.05, 4.69) is 20.8 Å². The third kappa shape index (κ3) is 2.94. The van der Waals surface area contributed by atoms with Gasteiger partial charge in [-0.3, -0.25) is 0 Å². The van der Waals surface area contributed by atoms with Gasteiger partial charge in [0.1, 0.15) is 0 Å². The summed E-state index contributed by atoms with van der Waals surface area (Å²) in [7, 11) is 0. The van der Waals surface area contributed by atoms with Crippen LogP contribution < -0.4 is 4.90 Å². The molecule has 1 fully saturated rings. The minimum Gasteiger partial charge on any atom is -0.370 e. The molecular formula is C12H12BrClF3N. The van der Waals surface area contributed by atoms with Crippen LogP contribution in [0.5, 0.6) is 0 Å². The van der Waals surface area contributed by atoms with Crippen LogP contribution >= 0.6 is 27.5 Å². The van der Waals surface area contributed by atoms with Crippen molar-refractivity contribution in [2.45, 2.75) is 12.6 Å². The first-order chi connectivity index (χ1) is 8.41. The van der Waals surface area contributed by atoms with Crippen LogP contribution in [0.4, 0.5) is 18.9 Å². The second kappa shape index (κ2) is 5.29. The monoisotopic (exact) mass is 341 g/mol. The zero-order valence-corrected chi connectivity index (χ0v) is 11.8. The van der Waals surface area contributed by atoms with Gasteiger partial charge in [0.05, 0.1) is 11.3 Å². The lowest BCUT2D eigenvalue weighted by Crippen LogP contribution is -2.20. The van der Waals surface area contributed by atoms with E-state index in [9.17, 15) is 13.2 Å². The fraction of sp³-hybridized carbons (Fsp3) is 0.500. The molecule has 1 unspecified atom stereocenters. The van der Waals surface area contributed by atoms with Crippen molar-refractivity contribution in [3.8, 4) is 0 Å². The Morgan fingerprint density at radius 2 is 2.11 bits per heavy atom. The fourth-order valence-electron chi connectivity index (χ4n) is 2.12. The first-order valence-electron chi connectivity index (χ1n) is 5.59. The molecule has 1 saturated heterocycles. The van der Waals surface area contributed by atoms with E-state index in [4.69, 9.17) is 11.6 Å². The lowest BCUT2D eigenvalue weighted by molar-refractivity contribution is -0.137. The maximum Gasteiger partial charge on any atom is 0.416 e. The quantitative estimate of drug-likeness (QED) is 0.714. The molecule has 0 N–H and O–H groups in total. The third-order valence-corrected chi connectivity index (χ3v) is 4.19. The highest BCUT2D eigenvalue weighted by atomic mass is 79.9. The summed E-state index contributed by atoms with van der Waals surface area (Å²) in [5, 5.41) is 0. The molecule has 1 aliphatic rings. The van der Waals surface area contributed by atoms with Gasteiger partial charge in [0.15, 0.2) is 0 Å². The zero-order chi connectivity index (χ0) is 13.3. The average molecular weight is 343 g/mol. The van der Waals surface area contributed by atoms with Crippen molar-refractivity contribution >= 4 is 33.2 Å². The van der Waals surface area contributed by atoms with E-state index in [1.165, 1.54) is 6.07 Å². The number of anilines is 1. The fourth-order valence-corrected chi connectivity index (χ4v) is 3.00. The Balaban J connectivity index is 2.21. The number of hydrogen-bond acceptors (Lipinski definition) is 1. The van der Waals surface area contributed by atoms with Crippen LogP contribution in [0.25, 0.3) is 0 Å². The largest absolute Gasteiger partial charge is 0.416 e. The molecule has 0 amide bonds. The zero-order valence-electron chi connectivity index (χ0n) is 9.47. The van der Waals surface area contributed by atoms with E-state index in [1.807, 2.05) is 0 Å². The molecule has 0 spiro atoms. The van der Waals surface area contributed by atoms with Crippen LogP contribution in [0, 0.1) is 5.92 Å². The van der Waals surface area contributed by atoms with Crippen LogP contribution in [-0.2, 0) is 6.18 Å². The molecule has 18 heavy (non-hydrogen) atoms. The minimum absolute atomic E-state index is 0.417. The second-order valence-electron chi connectivity index (χ2n) is 4.42. The summed E-state index contributed by atoms with van der Waals surface area (Å²) >= 11 is 9.02. The van der Waals surface area contributed by atoms with Crippen LogP contribution in [0.1, 0.15) is 12.0 Å². The van der Waals surface area contributed by atoms with Crippen molar-refractivity contribution in [2.75, 3.05) is 23.9 Å². The lowest BCUT2D eigenvalue weighted by Gasteiger charge is -2.21. The van der Waals surface area contributed by atoms with Crippen molar-refractivity contribution < 1.29 is 13.2 Å². The molecule has 0 aliphatic carbocycles. The van der Waals surface area contributed by atoms with Gasteiger partial charge in [0, 0.05) is 23.4 Å². The number of alkyl halides is 4. The third-order valence-electron chi connectivity index (χ3n) is 3.12. The van der Waals surface area contributed by atoms with Crippen molar-refractivity contribution in [1.82, 2.24) is 0 Å². The van der Waals surface area contributed by atoms with E-state index in [0.717, 1.165) is 37.3 Å². The van der Waals surface area contributed by atoms with Crippen molar-refractivity contribution in [2.24, 2.45) is 5.92 Å². The van der Waals surface area contributed by atoms with E-state index < -0.39 is 11.7 Å². The smallest absolute Gasteiger partial charge is 0.370 e. The summed E-state index contributed by atoms with van der Waals surface area (Å²) in [5.74, 6) is 1.01. The van der Waals surface area contributed by atoms with Gasteiger partial charge in [-0.2, -0.15) is 13.2 Å². The Labute approximate surface area is 117 Å². The SMILES string of the molecule is FC(F)(F)c1ccc(N2CCC(CCl)C2)c(Br)c1. The Morgan fingerprint density at radius 3 is 2.61 bits per heavy atom. The van der Waals surface area contributed by atoms with Gasteiger partial charge >= 0.3 is 6.18 Å². The summed E-state index contributed by atoms with van der Waals surface area (Å²) in [5.41, 5.74) is 0.168. The normalized spacial score (nSPS) is 20.5.